The number of hydrazine groups is 1. The first-order valence-corrected chi connectivity index (χ1v) is 7.38. The van der Waals surface area contributed by atoms with Gasteiger partial charge in [0, 0.05) is 32.3 Å². The molecule has 120 valence electrons. The van der Waals surface area contributed by atoms with Crippen molar-refractivity contribution < 1.29 is 9.59 Å². The average molecular weight is 312 g/mol. The van der Waals surface area contributed by atoms with Gasteiger partial charge in [0.2, 0.25) is 5.91 Å². The molecule has 0 spiro atoms. The van der Waals surface area contributed by atoms with Crippen LogP contribution >= 0.6 is 0 Å². The highest BCUT2D eigenvalue weighted by atomic mass is 16.2. The van der Waals surface area contributed by atoms with E-state index in [2.05, 4.69) is 21.2 Å². The summed E-state index contributed by atoms with van der Waals surface area (Å²) in [5.74, 6) is -0.520. The molecule has 0 saturated heterocycles. The van der Waals surface area contributed by atoms with E-state index in [-0.39, 0.29) is 11.8 Å². The van der Waals surface area contributed by atoms with Crippen molar-refractivity contribution in [2.24, 2.45) is 0 Å². The number of pyridine rings is 1. The number of amides is 2. The van der Waals surface area contributed by atoms with Crippen molar-refractivity contribution >= 4 is 11.8 Å². The first-order valence-electron chi connectivity index (χ1n) is 7.38. The Labute approximate surface area is 135 Å². The second kappa shape index (κ2) is 8.65. The Morgan fingerprint density at radius 3 is 2.39 bits per heavy atom. The maximum atomic E-state index is 12.3. The van der Waals surface area contributed by atoms with E-state index in [0.29, 0.717) is 13.0 Å². The van der Waals surface area contributed by atoms with Crippen molar-refractivity contribution in [3.8, 4) is 0 Å². The SMILES string of the molecule is CC(=O)N[C@@H](Cc1ccccc1)C(=O)NNCc1ccncc1. The molecule has 3 N–H and O–H groups in total. The highest BCUT2D eigenvalue weighted by Crippen LogP contribution is 2.03. The molecule has 1 atom stereocenters. The van der Waals surface area contributed by atoms with Gasteiger partial charge in [-0.05, 0) is 23.3 Å². The molecule has 2 amide bonds. The van der Waals surface area contributed by atoms with Gasteiger partial charge < -0.3 is 5.32 Å². The number of nitrogens with zero attached hydrogens (tertiary/aromatic N) is 1. The zero-order valence-corrected chi connectivity index (χ0v) is 13.0. The maximum absolute atomic E-state index is 12.3. The Morgan fingerprint density at radius 1 is 1.04 bits per heavy atom. The Bertz CT molecular complexity index is 632. The Hall–Kier alpha value is -2.73. The van der Waals surface area contributed by atoms with E-state index in [1.807, 2.05) is 42.5 Å². The van der Waals surface area contributed by atoms with Gasteiger partial charge in [0.1, 0.15) is 6.04 Å². The van der Waals surface area contributed by atoms with Crippen molar-refractivity contribution in [3.63, 3.8) is 0 Å². The fourth-order valence-corrected chi connectivity index (χ4v) is 2.13. The molecule has 23 heavy (non-hydrogen) atoms. The van der Waals surface area contributed by atoms with Crippen LogP contribution in [0.4, 0.5) is 0 Å². The summed E-state index contributed by atoms with van der Waals surface area (Å²) in [5.41, 5.74) is 7.48. The third-order valence-electron chi connectivity index (χ3n) is 3.23. The van der Waals surface area contributed by atoms with Crippen molar-refractivity contribution in [1.29, 1.82) is 0 Å². The second-order valence-electron chi connectivity index (χ2n) is 5.14. The van der Waals surface area contributed by atoms with Crippen LogP contribution in [0.1, 0.15) is 18.1 Å². The first kappa shape index (κ1) is 16.6. The molecule has 0 aliphatic carbocycles. The van der Waals surface area contributed by atoms with Crippen LogP contribution in [-0.4, -0.2) is 22.8 Å². The second-order valence-corrected chi connectivity index (χ2v) is 5.14. The predicted octanol–water partition coefficient (Wildman–Crippen LogP) is 0.950. The van der Waals surface area contributed by atoms with Gasteiger partial charge in [-0.2, -0.15) is 0 Å². The monoisotopic (exact) mass is 312 g/mol. The van der Waals surface area contributed by atoms with Crippen LogP contribution in [0.3, 0.4) is 0 Å². The number of carbonyl (C=O) groups is 2. The van der Waals surface area contributed by atoms with Gasteiger partial charge in [-0.25, -0.2) is 5.43 Å². The molecule has 6 nitrogen and oxygen atoms in total. The molecular formula is C17H20N4O2. The molecule has 0 aliphatic rings. The predicted molar refractivity (Wildman–Crippen MR) is 87.0 cm³/mol. The lowest BCUT2D eigenvalue weighted by Crippen LogP contribution is -2.51. The van der Waals surface area contributed by atoms with Gasteiger partial charge in [0.05, 0.1) is 0 Å². The van der Waals surface area contributed by atoms with Gasteiger partial charge in [-0.3, -0.25) is 20.0 Å². The van der Waals surface area contributed by atoms with E-state index in [9.17, 15) is 9.59 Å². The summed E-state index contributed by atoms with van der Waals surface area (Å²) in [5, 5.41) is 2.68. The van der Waals surface area contributed by atoms with Crippen LogP contribution in [0, 0.1) is 0 Å². The molecule has 0 bridgehead atoms. The Kier molecular flexibility index (Phi) is 6.26. The van der Waals surface area contributed by atoms with Crippen LogP contribution in [0.15, 0.2) is 54.9 Å². The minimum atomic E-state index is -0.625. The van der Waals surface area contributed by atoms with Crippen molar-refractivity contribution in [3.05, 3.63) is 66.0 Å². The first-order chi connectivity index (χ1) is 11.1. The molecule has 0 unspecified atom stereocenters. The summed E-state index contributed by atoms with van der Waals surface area (Å²) >= 11 is 0. The van der Waals surface area contributed by atoms with E-state index < -0.39 is 6.04 Å². The lowest BCUT2D eigenvalue weighted by molar-refractivity contribution is -0.128. The normalized spacial score (nSPS) is 11.5. The molecule has 1 aromatic heterocycles. The fourth-order valence-electron chi connectivity index (χ4n) is 2.13. The summed E-state index contributed by atoms with van der Waals surface area (Å²) in [6.45, 7) is 1.88. The molecule has 2 rings (SSSR count). The molecular weight excluding hydrogens is 292 g/mol. The van der Waals surface area contributed by atoms with E-state index >= 15 is 0 Å². The summed E-state index contributed by atoms with van der Waals surface area (Å²) in [4.78, 5) is 27.5. The number of rotatable bonds is 7. The number of hydrogen-bond donors (Lipinski definition) is 3. The third-order valence-corrected chi connectivity index (χ3v) is 3.23. The molecule has 6 heteroatoms. The van der Waals surface area contributed by atoms with E-state index in [4.69, 9.17) is 0 Å². The smallest absolute Gasteiger partial charge is 0.256 e. The van der Waals surface area contributed by atoms with Crippen LogP contribution in [0.5, 0.6) is 0 Å². The molecule has 1 heterocycles. The highest BCUT2D eigenvalue weighted by molar-refractivity contribution is 5.86. The van der Waals surface area contributed by atoms with Crippen molar-refractivity contribution in [2.45, 2.75) is 25.9 Å². The van der Waals surface area contributed by atoms with Crippen LogP contribution in [0.25, 0.3) is 0 Å². The third kappa shape index (κ3) is 5.88. The Morgan fingerprint density at radius 2 is 1.74 bits per heavy atom. The van der Waals surface area contributed by atoms with Crippen LogP contribution in [0.2, 0.25) is 0 Å². The van der Waals surface area contributed by atoms with E-state index in [1.54, 1.807) is 12.4 Å². The van der Waals surface area contributed by atoms with Crippen LogP contribution in [-0.2, 0) is 22.6 Å². The largest absolute Gasteiger partial charge is 0.344 e. The Balaban J connectivity index is 1.89. The van der Waals surface area contributed by atoms with Crippen molar-refractivity contribution in [2.75, 3.05) is 0 Å². The van der Waals surface area contributed by atoms with Gasteiger partial charge in [0.25, 0.3) is 5.91 Å². The standard InChI is InChI=1S/C17H20N4O2/c1-13(22)20-16(11-14-5-3-2-4-6-14)17(23)21-19-12-15-7-9-18-10-8-15/h2-10,16,19H,11-12H2,1H3,(H,20,22)(H,21,23)/t16-/m0/s1. The van der Waals surface area contributed by atoms with Crippen LogP contribution < -0.4 is 16.2 Å². The zero-order valence-electron chi connectivity index (χ0n) is 13.0. The number of hydrogen-bond acceptors (Lipinski definition) is 4. The molecule has 2 aromatic rings. The number of nitrogens with one attached hydrogen (secondary N) is 3. The van der Waals surface area contributed by atoms with E-state index in [0.717, 1.165) is 11.1 Å². The molecule has 0 saturated carbocycles. The van der Waals surface area contributed by atoms with Gasteiger partial charge in [-0.1, -0.05) is 30.3 Å². The lowest BCUT2D eigenvalue weighted by Gasteiger charge is -2.18. The quantitative estimate of drug-likeness (QED) is 0.665. The topological polar surface area (TPSA) is 83.1 Å². The minimum absolute atomic E-state index is 0.241. The van der Waals surface area contributed by atoms with Gasteiger partial charge in [0.15, 0.2) is 0 Å². The molecule has 0 aliphatic heterocycles. The highest BCUT2D eigenvalue weighted by Gasteiger charge is 2.19. The number of benzene rings is 1. The van der Waals surface area contributed by atoms with Gasteiger partial charge in [-0.15, -0.1) is 0 Å². The lowest BCUT2D eigenvalue weighted by atomic mass is 10.1. The number of aromatic nitrogens is 1. The molecule has 0 radical (unpaired) electrons. The summed E-state index contributed by atoms with van der Waals surface area (Å²) < 4.78 is 0. The van der Waals surface area contributed by atoms with E-state index in [1.165, 1.54) is 6.92 Å². The zero-order chi connectivity index (χ0) is 16.5. The summed E-state index contributed by atoms with van der Waals surface area (Å²) in [6, 6.07) is 12.6. The van der Waals surface area contributed by atoms with Gasteiger partial charge >= 0.3 is 0 Å². The molecule has 0 fully saturated rings. The number of carbonyl (C=O) groups excluding carboxylic acids is 2. The van der Waals surface area contributed by atoms with Crippen molar-refractivity contribution in [1.82, 2.24) is 21.2 Å². The molecule has 1 aromatic carbocycles. The average Bonchev–Trinajstić information content (AvgIpc) is 2.56. The summed E-state index contributed by atoms with van der Waals surface area (Å²) in [6.07, 6.45) is 3.81. The fraction of sp³-hybridized carbons (Fsp3) is 0.235. The minimum Gasteiger partial charge on any atom is -0.344 e. The summed E-state index contributed by atoms with van der Waals surface area (Å²) in [7, 11) is 0. The maximum Gasteiger partial charge on any atom is 0.256 e.